The molecule has 0 saturated heterocycles. The summed E-state index contributed by atoms with van der Waals surface area (Å²) in [5, 5.41) is 9.09. The maximum atomic E-state index is 9.09. The number of thioether (sulfide) groups is 1. The fourth-order valence-electron chi connectivity index (χ4n) is 1.83. The Morgan fingerprint density at radius 3 is 2.65 bits per heavy atom. The highest BCUT2D eigenvalue weighted by atomic mass is 79.9. The number of hydrogen-bond acceptors (Lipinski definition) is 3. The molecule has 1 aromatic rings. The maximum Gasteiger partial charge on any atom is 0.0682 e. The van der Waals surface area contributed by atoms with Gasteiger partial charge in [-0.05, 0) is 46.3 Å². The van der Waals surface area contributed by atoms with Gasteiger partial charge in [0.25, 0.3) is 0 Å². The summed E-state index contributed by atoms with van der Waals surface area (Å²) in [4.78, 5) is 2.31. The Hall–Kier alpha value is -0.190. The van der Waals surface area contributed by atoms with Crippen molar-refractivity contribution in [3.63, 3.8) is 0 Å². The van der Waals surface area contributed by atoms with Crippen molar-refractivity contribution in [3.05, 3.63) is 28.2 Å². The van der Waals surface area contributed by atoms with E-state index in [0.29, 0.717) is 6.04 Å². The Balaban J connectivity index is 2.90. The number of aliphatic hydroxyl groups excluding tert-OH is 1. The van der Waals surface area contributed by atoms with Gasteiger partial charge in [-0.2, -0.15) is 11.8 Å². The first-order valence-corrected chi connectivity index (χ1v) is 7.93. The van der Waals surface area contributed by atoms with E-state index in [2.05, 4.69) is 47.1 Å². The van der Waals surface area contributed by atoms with E-state index in [1.807, 2.05) is 23.9 Å². The summed E-state index contributed by atoms with van der Waals surface area (Å²) in [5.74, 6) is 1.13. The molecule has 4 heteroatoms. The van der Waals surface area contributed by atoms with Crippen molar-refractivity contribution in [2.75, 3.05) is 24.0 Å². The van der Waals surface area contributed by atoms with E-state index in [-0.39, 0.29) is 6.61 Å². The van der Waals surface area contributed by atoms with Crippen LogP contribution in [0.4, 0.5) is 5.69 Å². The first kappa shape index (κ1) is 14.9. The number of anilines is 1. The van der Waals surface area contributed by atoms with Crippen LogP contribution in [0.25, 0.3) is 0 Å². The summed E-state index contributed by atoms with van der Waals surface area (Å²) in [7, 11) is 2.13. The molecule has 0 amide bonds. The van der Waals surface area contributed by atoms with Crippen LogP contribution in [0, 0.1) is 0 Å². The highest BCUT2D eigenvalue weighted by Crippen LogP contribution is 2.29. The number of aliphatic hydroxyl groups is 1. The molecule has 0 aliphatic heterocycles. The molecule has 0 fully saturated rings. The molecule has 0 bridgehead atoms. The van der Waals surface area contributed by atoms with Gasteiger partial charge in [0.05, 0.1) is 12.3 Å². The van der Waals surface area contributed by atoms with Gasteiger partial charge in [0, 0.05) is 23.3 Å². The predicted octanol–water partition coefficient (Wildman–Crippen LogP) is 3.52. The first-order valence-electron chi connectivity index (χ1n) is 5.75. The van der Waals surface area contributed by atoms with Crippen LogP contribution in [0.5, 0.6) is 0 Å². The third kappa shape index (κ3) is 3.90. The van der Waals surface area contributed by atoms with Crippen molar-refractivity contribution >= 4 is 33.4 Å². The van der Waals surface area contributed by atoms with Gasteiger partial charge < -0.3 is 10.0 Å². The molecule has 2 nitrogen and oxygen atoms in total. The fraction of sp³-hybridized carbons (Fsp3) is 0.538. The van der Waals surface area contributed by atoms with E-state index < -0.39 is 0 Å². The van der Waals surface area contributed by atoms with Crippen LogP contribution in [0.2, 0.25) is 0 Å². The van der Waals surface area contributed by atoms with Gasteiger partial charge in [-0.1, -0.05) is 13.0 Å². The second-order valence-electron chi connectivity index (χ2n) is 4.07. The van der Waals surface area contributed by atoms with Crippen LogP contribution in [0.3, 0.4) is 0 Å². The zero-order valence-corrected chi connectivity index (χ0v) is 13.0. The van der Waals surface area contributed by atoms with E-state index >= 15 is 0 Å². The topological polar surface area (TPSA) is 23.5 Å². The molecule has 0 saturated carbocycles. The van der Waals surface area contributed by atoms with Gasteiger partial charge in [0.1, 0.15) is 0 Å². The normalized spacial score (nSPS) is 12.5. The second-order valence-corrected chi connectivity index (χ2v) is 5.84. The molecule has 1 rings (SSSR count). The number of rotatable bonds is 6. The Bertz CT molecular complexity index is 359. The molecule has 17 heavy (non-hydrogen) atoms. The van der Waals surface area contributed by atoms with Gasteiger partial charge >= 0.3 is 0 Å². The van der Waals surface area contributed by atoms with Crippen LogP contribution in [0.15, 0.2) is 22.7 Å². The monoisotopic (exact) mass is 317 g/mol. The Labute approximate surface area is 117 Å². The van der Waals surface area contributed by atoms with Gasteiger partial charge in [0.2, 0.25) is 0 Å². The Morgan fingerprint density at radius 1 is 1.47 bits per heavy atom. The van der Waals surface area contributed by atoms with Crippen molar-refractivity contribution in [2.45, 2.75) is 26.0 Å². The SMILES string of the molecule is CCC(CSC)N(C)c1ccc(CO)cc1Br. The van der Waals surface area contributed by atoms with E-state index in [1.54, 1.807) is 0 Å². The van der Waals surface area contributed by atoms with E-state index in [9.17, 15) is 0 Å². The lowest BCUT2D eigenvalue weighted by molar-refractivity contribution is 0.282. The first-order chi connectivity index (χ1) is 8.13. The van der Waals surface area contributed by atoms with Crippen LogP contribution in [-0.2, 0) is 6.61 Å². The minimum Gasteiger partial charge on any atom is -0.392 e. The average molecular weight is 318 g/mol. The third-order valence-corrected chi connectivity index (χ3v) is 4.31. The summed E-state index contributed by atoms with van der Waals surface area (Å²) >= 11 is 5.45. The number of benzene rings is 1. The van der Waals surface area contributed by atoms with Gasteiger partial charge in [0.15, 0.2) is 0 Å². The van der Waals surface area contributed by atoms with Crippen molar-refractivity contribution in [1.82, 2.24) is 0 Å². The minimum atomic E-state index is 0.0879. The highest BCUT2D eigenvalue weighted by Gasteiger charge is 2.15. The van der Waals surface area contributed by atoms with E-state index in [4.69, 9.17) is 5.11 Å². The zero-order chi connectivity index (χ0) is 12.8. The number of hydrogen-bond donors (Lipinski definition) is 1. The maximum absolute atomic E-state index is 9.09. The second kappa shape index (κ2) is 7.29. The van der Waals surface area contributed by atoms with Crippen molar-refractivity contribution in [2.24, 2.45) is 0 Å². The molecule has 1 unspecified atom stereocenters. The summed E-state index contributed by atoms with van der Waals surface area (Å²) in [6.07, 6.45) is 3.27. The minimum absolute atomic E-state index is 0.0879. The van der Waals surface area contributed by atoms with E-state index in [1.165, 1.54) is 5.69 Å². The van der Waals surface area contributed by atoms with Crippen molar-refractivity contribution in [1.29, 1.82) is 0 Å². The molecule has 0 spiro atoms. The van der Waals surface area contributed by atoms with Crippen molar-refractivity contribution in [3.8, 4) is 0 Å². The van der Waals surface area contributed by atoms with E-state index in [0.717, 1.165) is 22.2 Å². The summed E-state index contributed by atoms with van der Waals surface area (Å²) in [5.41, 5.74) is 2.12. The molecular formula is C13H20BrNOS. The Kier molecular flexibility index (Phi) is 6.38. The molecule has 0 aromatic heterocycles. The number of nitrogens with zero attached hydrogens (tertiary/aromatic N) is 1. The van der Waals surface area contributed by atoms with Crippen LogP contribution in [-0.4, -0.2) is 30.2 Å². The largest absolute Gasteiger partial charge is 0.392 e. The van der Waals surface area contributed by atoms with Crippen LogP contribution in [0.1, 0.15) is 18.9 Å². The van der Waals surface area contributed by atoms with Gasteiger partial charge in [-0.15, -0.1) is 0 Å². The standard InChI is InChI=1S/C13H20BrNOS/c1-4-11(9-17-3)15(2)13-6-5-10(8-16)7-12(13)14/h5-7,11,16H,4,8-9H2,1-3H3. The fourth-order valence-corrected chi connectivity index (χ4v) is 3.38. The highest BCUT2D eigenvalue weighted by molar-refractivity contribution is 9.10. The van der Waals surface area contributed by atoms with Crippen LogP contribution < -0.4 is 4.90 Å². The third-order valence-electron chi connectivity index (χ3n) is 2.95. The predicted molar refractivity (Wildman–Crippen MR) is 80.9 cm³/mol. The lowest BCUT2D eigenvalue weighted by atomic mass is 10.1. The van der Waals surface area contributed by atoms with Gasteiger partial charge in [-0.25, -0.2) is 0 Å². The molecule has 96 valence electrons. The summed E-state index contributed by atoms with van der Waals surface area (Å²) in [6, 6.07) is 6.57. The average Bonchev–Trinajstić information content (AvgIpc) is 2.35. The number of halogens is 1. The van der Waals surface area contributed by atoms with Crippen LogP contribution >= 0.6 is 27.7 Å². The zero-order valence-electron chi connectivity index (χ0n) is 10.6. The Morgan fingerprint density at radius 2 is 2.18 bits per heavy atom. The molecule has 1 N–H and O–H groups in total. The molecule has 1 atom stereocenters. The summed E-state index contributed by atoms with van der Waals surface area (Å²) < 4.78 is 1.05. The van der Waals surface area contributed by atoms with Gasteiger partial charge in [-0.3, -0.25) is 0 Å². The molecule has 0 aliphatic carbocycles. The molecular weight excluding hydrogens is 298 g/mol. The smallest absolute Gasteiger partial charge is 0.0682 e. The summed E-state index contributed by atoms with van der Waals surface area (Å²) in [6.45, 7) is 2.30. The van der Waals surface area contributed by atoms with Crippen molar-refractivity contribution < 1.29 is 5.11 Å². The molecule has 0 radical (unpaired) electrons. The lowest BCUT2D eigenvalue weighted by Gasteiger charge is -2.29. The molecule has 0 aliphatic rings. The molecule has 1 aromatic carbocycles. The lowest BCUT2D eigenvalue weighted by Crippen LogP contribution is -2.33. The molecule has 0 heterocycles. The quantitative estimate of drug-likeness (QED) is 0.868.